The molecule has 6 unspecified atom stereocenters. The van der Waals surface area contributed by atoms with Crippen molar-refractivity contribution in [1.29, 1.82) is 0 Å². The lowest BCUT2D eigenvalue weighted by molar-refractivity contribution is -0.266. The summed E-state index contributed by atoms with van der Waals surface area (Å²) in [5.41, 5.74) is 0.766. The molecule has 1 aliphatic heterocycles. The van der Waals surface area contributed by atoms with Crippen molar-refractivity contribution >= 4 is 5.97 Å². The number of aliphatic carboxylic acids is 1. The summed E-state index contributed by atoms with van der Waals surface area (Å²) in [6.45, 7) is 15.7. The Morgan fingerprint density at radius 1 is 0.884 bits per heavy atom. The Kier molecular flexibility index (Phi) is 7.42. The zero-order chi connectivity index (χ0) is 31.5. The van der Waals surface area contributed by atoms with Crippen molar-refractivity contribution in [1.82, 2.24) is 0 Å². The lowest BCUT2D eigenvalue weighted by atomic mass is 9.33. The first-order valence-corrected chi connectivity index (χ1v) is 17.1. The number of aliphatic hydroxyl groups is 3. The van der Waals surface area contributed by atoms with Crippen LogP contribution in [0.3, 0.4) is 0 Å². The van der Waals surface area contributed by atoms with Crippen molar-refractivity contribution in [2.45, 2.75) is 143 Å². The first-order chi connectivity index (χ1) is 19.9. The van der Waals surface area contributed by atoms with Gasteiger partial charge in [0.15, 0.2) is 0 Å². The van der Waals surface area contributed by atoms with E-state index in [1.807, 2.05) is 0 Å². The van der Waals surface area contributed by atoms with Gasteiger partial charge in [-0.1, -0.05) is 60.1 Å². The number of carboxylic acids is 1. The third-order valence-electron chi connectivity index (χ3n) is 15.5. The summed E-state index contributed by atoms with van der Waals surface area (Å²) < 4.78 is 19.8. The van der Waals surface area contributed by atoms with E-state index in [1.165, 1.54) is 5.57 Å². The topological polar surface area (TPSA) is 107 Å². The van der Waals surface area contributed by atoms with Crippen LogP contribution in [0.5, 0.6) is 0 Å². The highest BCUT2D eigenvalue weighted by Gasteiger charge is 2.70. The number of hydrogen-bond acceptors (Lipinski definition) is 5. The molecule has 6 aliphatic rings. The van der Waals surface area contributed by atoms with Gasteiger partial charge in [0.2, 0.25) is 0 Å². The van der Waals surface area contributed by atoms with Crippen molar-refractivity contribution in [2.75, 3.05) is 6.67 Å². The van der Waals surface area contributed by atoms with E-state index < -0.39 is 48.6 Å². The van der Waals surface area contributed by atoms with Crippen LogP contribution in [0.15, 0.2) is 11.6 Å². The molecular formula is C36H57FO6. The van der Waals surface area contributed by atoms with Crippen LogP contribution < -0.4 is 0 Å². The monoisotopic (exact) mass is 604 g/mol. The Balaban J connectivity index is 1.34. The molecule has 0 amide bonds. The molecule has 0 radical (unpaired) electrons. The highest BCUT2D eigenvalue weighted by atomic mass is 19.1. The average Bonchev–Trinajstić information content (AvgIpc) is 2.92. The Morgan fingerprint density at radius 2 is 1.56 bits per heavy atom. The molecule has 0 aromatic carbocycles. The molecule has 1 saturated heterocycles. The van der Waals surface area contributed by atoms with Gasteiger partial charge in [-0.3, -0.25) is 4.79 Å². The van der Waals surface area contributed by atoms with Crippen molar-refractivity contribution in [3.05, 3.63) is 11.6 Å². The van der Waals surface area contributed by atoms with Crippen LogP contribution in [0.4, 0.5) is 4.39 Å². The third-order valence-corrected chi connectivity index (χ3v) is 15.5. The van der Waals surface area contributed by atoms with Gasteiger partial charge >= 0.3 is 5.97 Å². The summed E-state index contributed by atoms with van der Waals surface area (Å²) in [5, 5.41) is 42.6. The lowest BCUT2D eigenvalue weighted by Crippen LogP contribution is -2.67. The fraction of sp³-hybridized carbons (Fsp3) is 0.917. The van der Waals surface area contributed by atoms with E-state index in [0.717, 1.165) is 64.2 Å². The van der Waals surface area contributed by atoms with E-state index in [0.29, 0.717) is 11.8 Å². The van der Waals surface area contributed by atoms with Crippen LogP contribution in [-0.2, 0) is 9.53 Å². The van der Waals surface area contributed by atoms with E-state index in [-0.39, 0.29) is 38.9 Å². The average molecular weight is 605 g/mol. The summed E-state index contributed by atoms with van der Waals surface area (Å²) in [7, 11) is 0. The SMILES string of the molecule is CC1(C)CC[C@]2(C(=O)O)CC[C@]3(C)C(=CCC4[C@@]5(C)CC[C@@H]([C@@H]6OC(CF)[C@@H](O)C(O)C6O)C(C)(C)C5CC[C@]43C)C2C1. The molecule has 5 fully saturated rings. The number of aliphatic hydroxyl groups excluding tert-OH is 3. The molecule has 0 aromatic rings. The normalized spacial score (nSPS) is 53.8. The molecule has 6 rings (SSSR count). The molecular weight excluding hydrogens is 547 g/mol. The van der Waals surface area contributed by atoms with Crippen molar-refractivity contribution in [2.24, 2.45) is 56.2 Å². The molecule has 0 bridgehead atoms. The number of carbonyl (C=O) groups is 1. The lowest BCUT2D eigenvalue weighted by Gasteiger charge is -2.71. The highest BCUT2D eigenvalue weighted by molar-refractivity contribution is 5.76. The summed E-state index contributed by atoms with van der Waals surface area (Å²) in [6, 6.07) is 0. The van der Waals surface area contributed by atoms with Gasteiger partial charge in [-0.25, -0.2) is 4.39 Å². The number of allylic oxidation sites excluding steroid dienone is 2. The fourth-order valence-corrected chi connectivity index (χ4v) is 12.7. The van der Waals surface area contributed by atoms with Gasteiger partial charge in [0, 0.05) is 0 Å². The minimum Gasteiger partial charge on any atom is -0.481 e. The van der Waals surface area contributed by atoms with Gasteiger partial charge in [-0.05, 0) is 115 Å². The number of fused-ring (bicyclic) bond motifs is 7. The number of ether oxygens (including phenoxy) is 1. The molecule has 43 heavy (non-hydrogen) atoms. The van der Waals surface area contributed by atoms with Gasteiger partial charge in [0.25, 0.3) is 0 Å². The van der Waals surface area contributed by atoms with E-state index in [2.05, 4.69) is 54.5 Å². The third kappa shape index (κ3) is 4.18. The summed E-state index contributed by atoms with van der Waals surface area (Å²) in [6.07, 6.45) is 5.76. The molecule has 1 heterocycles. The second-order valence-corrected chi connectivity index (χ2v) is 17.9. The second kappa shape index (κ2) is 9.99. The zero-order valence-electron chi connectivity index (χ0n) is 27.5. The minimum atomic E-state index is -1.43. The molecule has 7 heteroatoms. The smallest absolute Gasteiger partial charge is 0.310 e. The highest BCUT2D eigenvalue weighted by Crippen LogP contribution is 2.76. The fourth-order valence-electron chi connectivity index (χ4n) is 12.7. The Morgan fingerprint density at radius 3 is 2.21 bits per heavy atom. The zero-order valence-corrected chi connectivity index (χ0v) is 27.5. The predicted octanol–water partition coefficient (Wildman–Crippen LogP) is 6.31. The van der Waals surface area contributed by atoms with Crippen LogP contribution in [0.1, 0.15) is 113 Å². The number of rotatable bonds is 3. The molecule has 6 nitrogen and oxygen atoms in total. The maximum Gasteiger partial charge on any atom is 0.310 e. The number of carboxylic acid groups (broad SMARTS) is 1. The Bertz CT molecular complexity index is 1160. The molecule has 0 spiro atoms. The van der Waals surface area contributed by atoms with Gasteiger partial charge in [0.05, 0.1) is 11.5 Å². The molecule has 244 valence electrons. The molecule has 13 atom stereocenters. The first-order valence-electron chi connectivity index (χ1n) is 17.1. The number of halogens is 1. The quantitative estimate of drug-likeness (QED) is 0.282. The molecule has 4 saturated carbocycles. The van der Waals surface area contributed by atoms with E-state index in [4.69, 9.17) is 4.74 Å². The number of hydrogen-bond donors (Lipinski definition) is 4. The van der Waals surface area contributed by atoms with Gasteiger partial charge in [-0.2, -0.15) is 0 Å². The van der Waals surface area contributed by atoms with Crippen LogP contribution in [0.2, 0.25) is 0 Å². The largest absolute Gasteiger partial charge is 0.481 e. The maximum absolute atomic E-state index is 13.8. The Hall–Kier alpha value is -1.02. The van der Waals surface area contributed by atoms with Crippen LogP contribution in [0.25, 0.3) is 0 Å². The predicted molar refractivity (Wildman–Crippen MR) is 163 cm³/mol. The molecule has 4 N–H and O–H groups in total. The van der Waals surface area contributed by atoms with E-state index in [1.54, 1.807) is 0 Å². The summed E-state index contributed by atoms with van der Waals surface area (Å²) in [5.74, 6) is 0.234. The number of alkyl halides is 1. The van der Waals surface area contributed by atoms with Gasteiger partial charge in [-0.15, -0.1) is 0 Å². The van der Waals surface area contributed by atoms with Crippen LogP contribution in [-0.4, -0.2) is 63.6 Å². The summed E-state index contributed by atoms with van der Waals surface area (Å²) >= 11 is 0. The first kappa shape index (κ1) is 31.9. The Labute approximate surface area is 257 Å². The van der Waals surface area contributed by atoms with Gasteiger partial charge < -0.3 is 25.2 Å². The van der Waals surface area contributed by atoms with Crippen LogP contribution >= 0.6 is 0 Å². The van der Waals surface area contributed by atoms with E-state index in [9.17, 15) is 29.6 Å². The summed E-state index contributed by atoms with van der Waals surface area (Å²) in [4.78, 5) is 12.9. The van der Waals surface area contributed by atoms with Crippen LogP contribution in [0, 0.1) is 56.2 Å². The van der Waals surface area contributed by atoms with Crippen molar-refractivity contribution < 1.29 is 34.3 Å². The molecule has 0 aromatic heterocycles. The minimum absolute atomic E-state index is 0.0425. The van der Waals surface area contributed by atoms with Crippen molar-refractivity contribution in [3.63, 3.8) is 0 Å². The second-order valence-electron chi connectivity index (χ2n) is 17.9. The molecule has 5 aliphatic carbocycles. The van der Waals surface area contributed by atoms with Gasteiger partial charge in [0.1, 0.15) is 31.1 Å². The van der Waals surface area contributed by atoms with E-state index >= 15 is 0 Å². The maximum atomic E-state index is 13.8. The standard InChI is InChI=1S/C36H57FO6/c1-31(2)14-16-36(30(41)42)17-15-34(6)20(22(36)18-31)8-9-25-33(5)12-10-21(32(3,4)24(33)11-13-35(25,34)7)29-28(40)27(39)26(38)23(19-37)43-29/h8,21-29,38-40H,9-19H2,1-7H3,(H,41,42)/t21-,22?,23?,24?,25?,26+,27?,28?,29-,33-,34+,35+,36-/m0/s1. The van der Waals surface area contributed by atoms with Crippen molar-refractivity contribution in [3.8, 4) is 0 Å².